The van der Waals surface area contributed by atoms with Gasteiger partial charge in [-0.25, -0.2) is 0 Å². The number of aliphatic carboxylic acids is 2. The first-order valence-corrected chi connectivity index (χ1v) is 12.0. The Kier molecular flexibility index (Phi) is 7.03. The Labute approximate surface area is 106 Å². The van der Waals surface area contributed by atoms with Crippen molar-refractivity contribution in [2.24, 2.45) is 0 Å². The molecule has 0 aliphatic rings. The predicted molar refractivity (Wildman–Crippen MR) is 63.1 cm³/mol. The van der Waals surface area contributed by atoms with Crippen LogP contribution in [0.2, 0.25) is 8.87 Å². The molecule has 0 saturated heterocycles. The van der Waals surface area contributed by atoms with Crippen molar-refractivity contribution in [1.82, 2.24) is 0 Å². The number of hydrogen-bond donors (Lipinski definition) is 2. The quantitative estimate of drug-likeness (QED) is 0.641. The van der Waals surface area contributed by atoms with E-state index in [2.05, 4.69) is 0 Å². The van der Waals surface area contributed by atoms with E-state index >= 15 is 0 Å². The Morgan fingerprint density at radius 2 is 1.29 bits per heavy atom. The van der Waals surface area contributed by atoms with Crippen molar-refractivity contribution in [1.29, 1.82) is 0 Å². The van der Waals surface area contributed by atoms with Gasteiger partial charge in [-0.15, -0.1) is 0 Å². The molecule has 0 aliphatic heterocycles. The fourth-order valence-corrected chi connectivity index (χ4v) is 9.10. The molecule has 6 nitrogen and oxygen atoms in total. The summed E-state index contributed by atoms with van der Waals surface area (Å²) in [5.74, 6) is -2.11. The van der Waals surface area contributed by atoms with Gasteiger partial charge in [-0.2, -0.15) is 0 Å². The fraction of sp³-hybridized carbons (Fsp3) is 0.800. The van der Waals surface area contributed by atoms with Gasteiger partial charge in [0.15, 0.2) is 0 Å². The Morgan fingerprint density at radius 3 is 1.47 bits per heavy atom. The van der Waals surface area contributed by atoms with Gasteiger partial charge >= 0.3 is 106 Å². The van der Waals surface area contributed by atoms with Crippen LogP contribution in [0.15, 0.2) is 0 Å². The van der Waals surface area contributed by atoms with E-state index in [1.807, 2.05) is 13.8 Å². The number of carboxylic acid groups (broad SMARTS) is 2. The molecule has 7 heteroatoms. The molecule has 0 bridgehead atoms. The second-order valence-corrected chi connectivity index (χ2v) is 14.4. The normalized spacial score (nSPS) is 15.3. The van der Waals surface area contributed by atoms with Crippen LogP contribution in [0.1, 0.15) is 27.7 Å². The molecule has 2 unspecified atom stereocenters. The molecule has 0 saturated carbocycles. The first-order valence-electron chi connectivity index (χ1n) is 5.59. The van der Waals surface area contributed by atoms with Crippen LogP contribution >= 0.6 is 0 Å². The van der Waals surface area contributed by atoms with Crippen LogP contribution in [0.3, 0.4) is 0 Å². The maximum absolute atomic E-state index is 10.8. The molecule has 0 rings (SSSR count). The summed E-state index contributed by atoms with van der Waals surface area (Å²) < 4.78 is 12.3. The van der Waals surface area contributed by atoms with E-state index in [1.54, 1.807) is 0 Å². The molecule has 2 atom stereocenters. The number of hydrogen-bond acceptors (Lipinski definition) is 4. The Bertz CT molecular complexity index is 252. The van der Waals surface area contributed by atoms with Crippen molar-refractivity contribution in [2.75, 3.05) is 0 Å². The van der Waals surface area contributed by atoms with Gasteiger partial charge < -0.3 is 0 Å². The van der Waals surface area contributed by atoms with Crippen LogP contribution in [0, 0.1) is 0 Å². The van der Waals surface area contributed by atoms with Crippen molar-refractivity contribution < 1.29 is 26.0 Å². The van der Waals surface area contributed by atoms with Crippen LogP contribution in [0.5, 0.6) is 0 Å². The zero-order valence-corrected chi connectivity index (χ0v) is 13.5. The van der Waals surface area contributed by atoms with E-state index in [1.165, 1.54) is 13.8 Å². The molecule has 0 aromatic rings. The second-order valence-electron chi connectivity index (χ2n) is 3.81. The van der Waals surface area contributed by atoms with Crippen molar-refractivity contribution in [2.45, 2.75) is 48.8 Å². The molecule has 0 aliphatic carbocycles. The summed E-state index contributed by atoms with van der Waals surface area (Å²) in [7, 11) is 0. The predicted octanol–water partition coefficient (Wildman–Crippen LogP) is 1.45. The van der Waals surface area contributed by atoms with Crippen molar-refractivity contribution >= 4 is 31.1 Å². The van der Waals surface area contributed by atoms with E-state index in [-0.39, 0.29) is 0 Å². The van der Waals surface area contributed by atoms with Crippen molar-refractivity contribution in [3.63, 3.8) is 0 Å². The second kappa shape index (κ2) is 7.17. The molecule has 0 radical (unpaired) electrons. The third kappa shape index (κ3) is 5.22. The molecule has 0 spiro atoms. The Balaban J connectivity index is 4.77. The van der Waals surface area contributed by atoms with Crippen LogP contribution in [0.25, 0.3) is 0 Å². The summed E-state index contributed by atoms with van der Waals surface area (Å²) in [6.45, 7) is 6.58. The van der Waals surface area contributed by atoms with Gasteiger partial charge in [0.2, 0.25) is 0 Å². The fourth-order valence-electron chi connectivity index (χ4n) is 1.36. The molecular formula is C10H20O6Sn. The zero-order chi connectivity index (χ0) is 13.6. The summed E-state index contributed by atoms with van der Waals surface area (Å²) in [6.07, 6.45) is -1.90. The molecular weight excluding hydrogens is 335 g/mol. The van der Waals surface area contributed by atoms with Crippen LogP contribution in [0.4, 0.5) is 0 Å². The number of carbonyl (C=O) groups is 2. The summed E-state index contributed by atoms with van der Waals surface area (Å²) in [5, 5.41) is 17.6. The van der Waals surface area contributed by atoms with E-state index in [0.717, 1.165) is 0 Å². The molecule has 0 fully saturated rings. The van der Waals surface area contributed by atoms with E-state index in [0.29, 0.717) is 8.87 Å². The van der Waals surface area contributed by atoms with Crippen LogP contribution < -0.4 is 0 Å². The van der Waals surface area contributed by atoms with Gasteiger partial charge in [-0.1, -0.05) is 0 Å². The third-order valence-corrected chi connectivity index (χ3v) is 13.2. The van der Waals surface area contributed by atoms with E-state index < -0.39 is 43.4 Å². The maximum atomic E-state index is 10.8. The summed E-state index contributed by atoms with van der Waals surface area (Å²) in [5.41, 5.74) is 0. The average Bonchev–Trinajstić information content (AvgIpc) is 2.27. The third-order valence-electron chi connectivity index (χ3n) is 2.56. The molecule has 0 heterocycles. The molecule has 100 valence electrons. The first-order chi connectivity index (χ1) is 7.78. The minimum absolute atomic E-state index is 0.584. The standard InChI is InChI=1S/2C3H5O3.2C2H5.Sn/c2*1-2(4)3(5)6;2*1-2;/h2*2H,1H3,(H,5,6);2*1H2,2H3;/q2*-1;;;+2. The summed E-state index contributed by atoms with van der Waals surface area (Å²) >= 11 is -3.57. The number of carboxylic acids is 2. The van der Waals surface area contributed by atoms with Gasteiger partial charge in [-0.05, 0) is 0 Å². The molecule has 0 aromatic carbocycles. The zero-order valence-electron chi connectivity index (χ0n) is 10.6. The van der Waals surface area contributed by atoms with E-state index in [4.69, 9.17) is 16.4 Å². The van der Waals surface area contributed by atoms with Crippen molar-refractivity contribution in [3.05, 3.63) is 0 Å². The number of rotatable bonds is 8. The molecule has 0 amide bonds. The Morgan fingerprint density at radius 1 is 1.00 bits per heavy atom. The van der Waals surface area contributed by atoms with Gasteiger partial charge in [0.1, 0.15) is 0 Å². The Hall–Kier alpha value is -0.341. The van der Waals surface area contributed by atoms with Gasteiger partial charge in [0.25, 0.3) is 0 Å². The molecule has 17 heavy (non-hydrogen) atoms. The van der Waals surface area contributed by atoms with Crippen LogP contribution in [-0.2, 0) is 15.7 Å². The van der Waals surface area contributed by atoms with Gasteiger partial charge in [0, 0.05) is 0 Å². The molecule has 2 N–H and O–H groups in total. The van der Waals surface area contributed by atoms with Gasteiger partial charge in [-0.3, -0.25) is 0 Å². The monoisotopic (exact) mass is 356 g/mol. The summed E-state index contributed by atoms with van der Waals surface area (Å²) in [4.78, 5) is 21.5. The van der Waals surface area contributed by atoms with Crippen LogP contribution in [-0.4, -0.2) is 53.6 Å². The van der Waals surface area contributed by atoms with E-state index in [9.17, 15) is 9.59 Å². The SMILES string of the molecule is C[CH2][Sn]([CH2]C)([O]C(C)C(=O)O)[O]C(C)C(=O)O. The first kappa shape index (κ1) is 16.7. The topological polar surface area (TPSA) is 93.1 Å². The van der Waals surface area contributed by atoms with Crippen molar-refractivity contribution in [3.8, 4) is 0 Å². The summed E-state index contributed by atoms with van der Waals surface area (Å²) in [6, 6.07) is 0. The molecule has 0 aromatic heterocycles. The minimum atomic E-state index is -3.57. The average molecular weight is 355 g/mol. The van der Waals surface area contributed by atoms with Gasteiger partial charge in [0.05, 0.1) is 0 Å².